The van der Waals surface area contributed by atoms with Gasteiger partial charge >= 0.3 is 0 Å². The number of hydrogen-bond acceptors (Lipinski definition) is 4. The first-order valence-electron chi connectivity index (χ1n) is 9.85. The molecule has 1 saturated heterocycles. The summed E-state index contributed by atoms with van der Waals surface area (Å²) in [5.41, 5.74) is 0. The minimum Gasteiger partial charge on any atom is -0.408 e. The molecule has 28 heavy (non-hydrogen) atoms. The summed E-state index contributed by atoms with van der Waals surface area (Å²) in [5, 5.41) is 0.0736. The Bertz CT molecular complexity index is 553. The van der Waals surface area contributed by atoms with Crippen molar-refractivity contribution in [2.75, 3.05) is 7.11 Å². The quantitative estimate of drug-likeness (QED) is 0.239. The van der Waals surface area contributed by atoms with Crippen LogP contribution < -0.4 is 0 Å². The number of ether oxygens (including phenoxy) is 3. The van der Waals surface area contributed by atoms with Gasteiger partial charge in [0.1, 0.15) is 12.2 Å². The predicted octanol–water partition coefficient (Wildman–Crippen LogP) is 6.76. The molecule has 0 aliphatic carbocycles. The van der Waals surface area contributed by atoms with E-state index >= 15 is 0 Å². The average molecular weight is 542 g/mol. The number of hydrogen-bond donors (Lipinski definition) is 0. The Labute approximate surface area is 189 Å². The summed E-state index contributed by atoms with van der Waals surface area (Å²) in [6.45, 7) is 21.2. The second-order valence-electron chi connectivity index (χ2n) is 9.48. The largest absolute Gasteiger partial charge is 0.408 e. The summed E-state index contributed by atoms with van der Waals surface area (Å²) >= 11 is 6.88. The maximum Gasteiger partial charge on any atom is 0.192 e. The fourth-order valence-corrected chi connectivity index (χ4v) is 4.96. The highest BCUT2D eigenvalue weighted by Crippen LogP contribution is 2.41. The van der Waals surface area contributed by atoms with Gasteiger partial charge in [-0.25, -0.2) is 0 Å². The van der Waals surface area contributed by atoms with Gasteiger partial charge in [-0.1, -0.05) is 32.9 Å². The highest BCUT2D eigenvalue weighted by Gasteiger charge is 2.50. The third kappa shape index (κ3) is 7.03. The van der Waals surface area contributed by atoms with Gasteiger partial charge in [-0.05, 0) is 77.2 Å². The second-order valence-corrected chi connectivity index (χ2v) is 17.0. The van der Waals surface area contributed by atoms with E-state index in [9.17, 15) is 0 Å². The minimum atomic E-state index is -2.08. The van der Waals surface area contributed by atoms with Crippen molar-refractivity contribution in [1.82, 2.24) is 0 Å². The molecule has 164 valence electrons. The van der Waals surface area contributed by atoms with E-state index < -0.39 is 14.1 Å². The van der Waals surface area contributed by atoms with Gasteiger partial charge in [0.2, 0.25) is 0 Å². The molecule has 0 aromatic heterocycles. The van der Waals surface area contributed by atoms with E-state index in [-0.39, 0.29) is 35.4 Å². The van der Waals surface area contributed by atoms with Crippen molar-refractivity contribution in [2.45, 2.75) is 96.3 Å². The SMILES string of the molecule is C=C[C@@H](CC=C(Br)Br)[C@H](OC)[C@@H](O[Si](C)(C)C(C)(C)C)[C@H]1OC(C)(C)O[C@@H]1C. The minimum absolute atomic E-state index is 0.0735. The van der Waals surface area contributed by atoms with Crippen LogP contribution in [0.15, 0.2) is 22.1 Å². The zero-order chi connectivity index (χ0) is 21.9. The average Bonchev–Trinajstić information content (AvgIpc) is 2.81. The van der Waals surface area contributed by atoms with Gasteiger partial charge in [-0.2, -0.15) is 0 Å². The van der Waals surface area contributed by atoms with Crippen molar-refractivity contribution in [2.24, 2.45) is 5.92 Å². The lowest BCUT2D eigenvalue weighted by molar-refractivity contribution is -0.164. The normalized spacial score (nSPS) is 25.8. The summed E-state index contributed by atoms with van der Waals surface area (Å²) in [6.07, 6.45) is 4.03. The molecular formula is C21H38Br2O4Si. The maximum absolute atomic E-state index is 6.91. The Kier molecular flexibility index (Phi) is 9.67. The van der Waals surface area contributed by atoms with E-state index in [1.165, 1.54) is 0 Å². The molecule has 5 atom stereocenters. The lowest BCUT2D eigenvalue weighted by Gasteiger charge is -2.44. The van der Waals surface area contributed by atoms with Crippen LogP contribution in [0.5, 0.6) is 0 Å². The molecule has 0 aromatic carbocycles. The molecule has 0 bridgehead atoms. The van der Waals surface area contributed by atoms with Crippen molar-refractivity contribution in [3.05, 3.63) is 22.1 Å². The Hall–Kier alpha value is 0.497. The summed E-state index contributed by atoms with van der Waals surface area (Å²) in [4.78, 5) is 0. The zero-order valence-corrected chi connectivity index (χ0v) is 23.0. The fourth-order valence-electron chi connectivity index (χ4n) is 3.28. The first kappa shape index (κ1) is 26.5. The first-order valence-corrected chi connectivity index (χ1v) is 14.3. The summed E-state index contributed by atoms with van der Waals surface area (Å²) < 4.78 is 26.2. The van der Waals surface area contributed by atoms with Crippen molar-refractivity contribution < 1.29 is 18.6 Å². The van der Waals surface area contributed by atoms with Crippen molar-refractivity contribution in [1.29, 1.82) is 0 Å². The van der Waals surface area contributed by atoms with Gasteiger partial charge < -0.3 is 18.6 Å². The predicted molar refractivity (Wildman–Crippen MR) is 127 cm³/mol. The maximum atomic E-state index is 6.91. The third-order valence-electron chi connectivity index (χ3n) is 5.78. The van der Waals surface area contributed by atoms with Gasteiger partial charge in [0.05, 0.1) is 15.6 Å². The molecule has 1 rings (SSSR count). The van der Waals surface area contributed by atoms with Crippen LogP contribution in [0.4, 0.5) is 0 Å². The first-order chi connectivity index (χ1) is 12.6. The van der Waals surface area contributed by atoms with Crippen molar-refractivity contribution in [3.8, 4) is 0 Å². The van der Waals surface area contributed by atoms with Crippen molar-refractivity contribution >= 4 is 40.2 Å². The van der Waals surface area contributed by atoms with Gasteiger partial charge in [0, 0.05) is 13.0 Å². The van der Waals surface area contributed by atoms with E-state index in [4.69, 9.17) is 18.6 Å². The van der Waals surface area contributed by atoms with E-state index in [0.29, 0.717) is 0 Å². The highest BCUT2D eigenvalue weighted by molar-refractivity contribution is 9.28. The molecule has 0 radical (unpaired) electrons. The summed E-state index contributed by atoms with van der Waals surface area (Å²) in [7, 11) is -0.340. The zero-order valence-electron chi connectivity index (χ0n) is 18.8. The van der Waals surface area contributed by atoms with Gasteiger partial charge in [-0.3, -0.25) is 0 Å². The summed E-state index contributed by atoms with van der Waals surface area (Å²) in [6, 6.07) is 0. The standard InChI is InChI=1S/C21H38Br2O4Si/c1-11-15(12-13-16(22)23)18(24-8)19(27-28(9,10)20(3,4)5)17-14(2)25-21(6,7)26-17/h11,13-15,17-19H,1,12H2,2-10H3/t14-,15+,17+,18+,19+/m1/s1. The molecule has 0 N–H and O–H groups in total. The van der Waals surface area contributed by atoms with Crippen LogP contribution in [-0.2, 0) is 18.6 Å². The molecule has 1 aliphatic heterocycles. The van der Waals surface area contributed by atoms with Crippen molar-refractivity contribution in [3.63, 3.8) is 0 Å². The number of halogens is 2. The molecule has 1 aliphatic rings. The Morgan fingerprint density at radius 1 is 1.25 bits per heavy atom. The summed E-state index contributed by atoms with van der Waals surface area (Å²) in [5.74, 6) is -0.566. The molecule has 0 unspecified atom stereocenters. The number of rotatable bonds is 9. The van der Waals surface area contributed by atoms with Gasteiger partial charge in [0.15, 0.2) is 14.1 Å². The van der Waals surface area contributed by atoms with E-state index in [0.717, 1.165) is 9.81 Å². The molecule has 1 heterocycles. The lowest BCUT2D eigenvalue weighted by atomic mass is 9.90. The molecular weight excluding hydrogens is 504 g/mol. The van der Waals surface area contributed by atoms with E-state index in [1.54, 1.807) is 7.11 Å². The molecule has 4 nitrogen and oxygen atoms in total. The van der Waals surface area contributed by atoms with E-state index in [2.05, 4.69) is 78.4 Å². The molecule has 0 aromatic rings. The van der Waals surface area contributed by atoms with Crippen LogP contribution in [0.25, 0.3) is 0 Å². The Morgan fingerprint density at radius 3 is 2.18 bits per heavy atom. The van der Waals surface area contributed by atoms with E-state index in [1.807, 2.05) is 26.8 Å². The van der Waals surface area contributed by atoms with Gasteiger partial charge in [0.25, 0.3) is 0 Å². The van der Waals surface area contributed by atoms with Gasteiger partial charge in [-0.15, -0.1) is 6.58 Å². The molecule has 0 saturated carbocycles. The fraction of sp³-hybridized carbons (Fsp3) is 0.810. The molecule has 7 heteroatoms. The highest BCUT2D eigenvalue weighted by atomic mass is 79.9. The second kappa shape index (κ2) is 10.2. The van der Waals surface area contributed by atoms with Crippen LogP contribution in [0, 0.1) is 5.92 Å². The Balaban J connectivity index is 3.30. The number of allylic oxidation sites excluding steroid dienone is 1. The smallest absolute Gasteiger partial charge is 0.192 e. The van der Waals surface area contributed by atoms with Crippen LogP contribution >= 0.6 is 31.9 Å². The monoisotopic (exact) mass is 540 g/mol. The molecule has 1 fully saturated rings. The van der Waals surface area contributed by atoms with Crippen LogP contribution in [0.2, 0.25) is 18.1 Å². The molecule has 0 amide bonds. The van der Waals surface area contributed by atoms with Crippen LogP contribution in [0.1, 0.15) is 48.0 Å². The third-order valence-corrected chi connectivity index (χ3v) is 10.9. The topological polar surface area (TPSA) is 36.9 Å². The number of methoxy groups -OCH3 is 1. The Morgan fingerprint density at radius 2 is 1.82 bits per heavy atom. The van der Waals surface area contributed by atoms with Crippen LogP contribution in [-0.4, -0.2) is 45.6 Å². The molecule has 0 spiro atoms. The van der Waals surface area contributed by atoms with Crippen LogP contribution in [0.3, 0.4) is 0 Å². The lowest BCUT2D eigenvalue weighted by Crippen LogP contribution is -2.55.